The summed E-state index contributed by atoms with van der Waals surface area (Å²) < 4.78 is 10.7. The summed E-state index contributed by atoms with van der Waals surface area (Å²) in [4.78, 5) is 31.6. The second-order valence-electron chi connectivity index (χ2n) is 4.80. The van der Waals surface area contributed by atoms with E-state index in [4.69, 9.17) is 9.47 Å². The largest absolute Gasteiger partial charge is 0.422 e. The highest BCUT2D eigenvalue weighted by atomic mass is 79.9. The van der Waals surface area contributed by atoms with E-state index in [2.05, 4.69) is 25.9 Å². The Bertz CT molecular complexity index is 578. The van der Waals surface area contributed by atoms with Gasteiger partial charge in [-0.05, 0) is 34.5 Å². The first-order valence-electron chi connectivity index (χ1n) is 5.90. The minimum Gasteiger partial charge on any atom is -0.422 e. The molecule has 0 unspecified atom stereocenters. The summed E-state index contributed by atoms with van der Waals surface area (Å²) in [5, 5.41) is 0. The summed E-state index contributed by atoms with van der Waals surface area (Å²) in [5.41, 5.74) is 1.44. The number of aliphatic imine (C=N–C) groups is 1. The fourth-order valence-electron chi connectivity index (χ4n) is 1.62. The van der Waals surface area contributed by atoms with Gasteiger partial charge in [-0.25, -0.2) is 4.98 Å². The van der Waals surface area contributed by atoms with Crippen molar-refractivity contribution in [2.24, 2.45) is 10.9 Å². The van der Waals surface area contributed by atoms with E-state index in [0.717, 1.165) is 10.2 Å². The standard InChI is InChI=1S/C13H13BrN2O4/c1-7-4-8(5-16-10(7)14)15-6-9-11(17)19-13(2,3)20-12(9)18/h4-6,9H,1-3H3. The lowest BCUT2D eigenvalue weighted by Crippen LogP contribution is -2.46. The molecule has 6 nitrogen and oxygen atoms in total. The zero-order valence-electron chi connectivity index (χ0n) is 11.2. The summed E-state index contributed by atoms with van der Waals surface area (Å²) in [6.07, 6.45) is 2.74. The van der Waals surface area contributed by atoms with Gasteiger partial charge in [-0.3, -0.25) is 14.6 Å². The lowest BCUT2D eigenvalue weighted by molar-refractivity contribution is -0.235. The highest BCUT2D eigenvalue weighted by Gasteiger charge is 2.42. The van der Waals surface area contributed by atoms with Crippen molar-refractivity contribution in [3.63, 3.8) is 0 Å². The van der Waals surface area contributed by atoms with E-state index in [1.807, 2.05) is 6.92 Å². The molecule has 1 aromatic heterocycles. The van der Waals surface area contributed by atoms with Crippen LogP contribution in [0.3, 0.4) is 0 Å². The number of carbonyl (C=O) groups excluding carboxylic acids is 2. The third-order valence-corrected chi connectivity index (χ3v) is 3.40. The van der Waals surface area contributed by atoms with E-state index in [1.165, 1.54) is 26.3 Å². The molecule has 0 bridgehead atoms. The number of esters is 2. The summed E-state index contributed by atoms with van der Waals surface area (Å²) in [7, 11) is 0. The maximum Gasteiger partial charge on any atom is 0.329 e. The smallest absolute Gasteiger partial charge is 0.329 e. The molecule has 0 atom stereocenters. The van der Waals surface area contributed by atoms with Gasteiger partial charge in [0.2, 0.25) is 0 Å². The highest BCUT2D eigenvalue weighted by molar-refractivity contribution is 9.10. The first-order chi connectivity index (χ1) is 9.28. The Kier molecular flexibility index (Phi) is 3.89. The monoisotopic (exact) mass is 340 g/mol. The average Bonchev–Trinajstić information content (AvgIpc) is 2.31. The predicted octanol–water partition coefficient (Wildman–Crippen LogP) is 2.31. The van der Waals surface area contributed by atoms with Gasteiger partial charge in [0.15, 0.2) is 5.92 Å². The Morgan fingerprint density at radius 2 is 1.95 bits per heavy atom. The first kappa shape index (κ1) is 14.6. The van der Waals surface area contributed by atoms with Crippen LogP contribution in [0.15, 0.2) is 21.9 Å². The fourth-order valence-corrected chi connectivity index (χ4v) is 1.84. The third-order valence-electron chi connectivity index (χ3n) is 2.57. The summed E-state index contributed by atoms with van der Waals surface area (Å²) in [5.74, 6) is -3.71. The van der Waals surface area contributed by atoms with Crippen molar-refractivity contribution in [1.29, 1.82) is 0 Å². The van der Waals surface area contributed by atoms with E-state index < -0.39 is 23.6 Å². The van der Waals surface area contributed by atoms with Crippen molar-refractivity contribution in [2.75, 3.05) is 0 Å². The van der Waals surface area contributed by atoms with Crippen LogP contribution in [0.25, 0.3) is 0 Å². The number of aryl methyl sites for hydroxylation is 1. The van der Waals surface area contributed by atoms with Crippen LogP contribution in [0.1, 0.15) is 19.4 Å². The molecule has 106 valence electrons. The van der Waals surface area contributed by atoms with E-state index in [9.17, 15) is 9.59 Å². The maximum absolute atomic E-state index is 11.7. The van der Waals surface area contributed by atoms with Crippen LogP contribution >= 0.6 is 15.9 Å². The molecule has 0 N–H and O–H groups in total. The van der Waals surface area contributed by atoms with Crippen molar-refractivity contribution in [3.05, 3.63) is 22.4 Å². The minimum atomic E-state index is -1.23. The number of ether oxygens (including phenoxy) is 2. The number of aromatic nitrogens is 1. The quantitative estimate of drug-likeness (QED) is 0.357. The number of nitrogens with zero attached hydrogens (tertiary/aromatic N) is 2. The SMILES string of the molecule is Cc1cc(N=CC2C(=O)OC(C)(C)OC2=O)cnc1Br. The van der Waals surface area contributed by atoms with Gasteiger partial charge in [-0.2, -0.15) is 0 Å². The number of cyclic esters (lactones) is 2. The van der Waals surface area contributed by atoms with Gasteiger partial charge in [0.05, 0.1) is 11.9 Å². The molecule has 20 heavy (non-hydrogen) atoms. The molecule has 0 aromatic carbocycles. The molecular formula is C13H13BrN2O4. The maximum atomic E-state index is 11.7. The van der Waals surface area contributed by atoms with Gasteiger partial charge >= 0.3 is 11.9 Å². The van der Waals surface area contributed by atoms with Crippen molar-refractivity contribution >= 4 is 39.8 Å². The van der Waals surface area contributed by atoms with Crippen LogP contribution in [0, 0.1) is 12.8 Å². The fraction of sp³-hybridized carbons (Fsp3) is 0.385. The van der Waals surface area contributed by atoms with E-state index in [1.54, 1.807) is 6.07 Å². The lowest BCUT2D eigenvalue weighted by Gasteiger charge is -2.31. The number of halogens is 1. The molecule has 7 heteroatoms. The van der Waals surface area contributed by atoms with Gasteiger partial charge < -0.3 is 9.47 Å². The van der Waals surface area contributed by atoms with Crippen LogP contribution < -0.4 is 0 Å². The second-order valence-corrected chi connectivity index (χ2v) is 5.55. The second kappa shape index (κ2) is 5.32. The molecule has 1 saturated heterocycles. The molecular weight excluding hydrogens is 328 g/mol. The number of carbonyl (C=O) groups is 2. The number of hydrogen-bond acceptors (Lipinski definition) is 6. The van der Waals surface area contributed by atoms with E-state index >= 15 is 0 Å². The normalized spacial score (nSPS) is 19.0. The summed E-state index contributed by atoms with van der Waals surface area (Å²) in [6.45, 7) is 4.86. The molecule has 0 saturated carbocycles. The van der Waals surface area contributed by atoms with Crippen molar-refractivity contribution < 1.29 is 19.1 Å². The molecule has 0 amide bonds. The van der Waals surface area contributed by atoms with E-state index in [0.29, 0.717) is 5.69 Å². The molecule has 2 rings (SSSR count). The Balaban J connectivity index is 2.16. The average molecular weight is 341 g/mol. The Hall–Kier alpha value is -1.76. The Morgan fingerprint density at radius 3 is 2.50 bits per heavy atom. The minimum absolute atomic E-state index is 0.538. The van der Waals surface area contributed by atoms with Crippen LogP contribution in [0.2, 0.25) is 0 Å². The van der Waals surface area contributed by atoms with Gasteiger partial charge in [0.25, 0.3) is 5.79 Å². The molecule has 1 aliphatic rings. The molecule has 1 aliphatic heterocycles. The molecule has 0 spiro atoms. The highest BCUT2D eigenvalue weighted by Crippen LogP contribution is 2.23. The Labute approximate surface area is 124 Å². The van der Waals surface area contributed by atoms with Crippen molar-refractivity contribution in [3.8, 4) is 0 Å². The van der Waals surface area contributed by atoms with Crippen molar-refractivity contribution in [2.45, 2.75) is 26.6 Å². The predicted molar refractivity (Wildman–Crippen MR) is 74.6 cm³/mol. The number of hydrogen-bond donors (Lipinski definition) is 0. The van der Waals surface area contributed by atoms with Crippen LogP contribution in [0.4, 0.5) is 5.69 Å². The van der Waals surface area contributed by atoms with Crippen LogP contribution in [0.5, 0.6) is 0 Å². The van der Waals surface area contributed by atoms with Crippen molar-refractivity contribution in [1.82, 2.24) is 4.98 Å². The van der Waals surface area contributed by atoms with Gasteiger partial charge in [-0.15, -0.1) is 0 Å². The molecule has 1 fully saturated rings. The topological polar surface area (TPSA) is 77.9 Å². The Morgan fingerprint density at radius 1 is 1.35 bits per heavy atom. The number of rotatable bonds is 2. The summed E-state index contributed by atoms with van der Waals surface area (Å²) >= 11 is 3.28. The van der Waals surface area contributed by atoms with Gasteiger partial charge in [0, 0.05) is 20.1 Å². The molecule has 2 heterocycles. The first-order valence-corrected chi connectivity index (χ1v) is 6.70. The third kappa shape index (κ3) is 3.22. The van der Waals surface area contributed by atoms with Crippen LogP contribution in [-0.2, 0) is 19.1 Å². The zero-order valence-corrected chi connectivity index (χ0v) is 12.8. The van der Waals surface area contributed by atoms with Crippen LogP contribution in [-0.4, -0.2) is 28.9 Å². The van der Waals surface area contributed by atoms with Gasteiger partial charge in [0.1, 0.15) is 4.60 Å². The summed E-state index contributed by atoms with van der Waals surface area (Å²) in [6, 6.07) is 1.77. The zero-order chi connectivity index (χ0) is 14.9. The molecule has 1 aromatic rings. The molecule has 0 radical (unpaired) electrons. The molecule has 0 aliphatic carbocycles. The number of pyridine rings is 1. The van der Waals surface area contributed by atoms with E-state index in [-0.39, 0.29) is 0 Å². The lowest BCUT2D eigenvalue weighted by atomic mass is 10.1. The van der Waals surface area contributed by atoms with Gasteiger partial charge in [-0.1, -0.05) is 0 Å².